The predicted octanol–water partition coefficient (Wildman–Crippen LogP) is 3.76. The van der Waals surface area contributed by atoms with E-state index in [2.05, 4.69) is 21.4 Å². The topological polar surface area (TPSA) is 138 Å². The zero-order valence-corrected chi connectivity index (χ0v) is 21.7. The largest absolute Gasteiger partial charge is 0.449 e. The number of anilines is 2. The summed E-state index contributed by atoms with van der Waals surface area (Å²) in [5.74, 6) is 0.749. The first-order valence-corrected chi connectivity index (χ1v) is 13.6. The van der Waals surface area contributed by atoms with Gasteiger partial charge in [0.1, 0.15) is 23.4 Å². The molecule has 5 heterocycles. The van der Waals surface area contributed by atoms with Crippen molar-refractivity contribution in [3.05, 3.63) is 40.7 Å². The molecule has 3 amide bonds. The number of carbonyl (C=O) groups excluding carboxylic acids is 3. The van der Waals surface area contributed by atoms with Gasteiger partial charge in [0, 0.05) is 41.6 Å². The molecule has 2 aromatic rings. The molecule has 5 rings (SSSR count). The van der Waals surface area contributed by atoms with Crippen LogP contribution in [0.25, 0.3) is 0 Å². The van der Waals surface area contributed by atoms with Crippen molar-refractivity contribution in [2.75, 3.05) is 43.1 Å². The van der Waals surface area contributed by atoms with E-state index in [0.717, 1.165) is 36.1 Å². The fraction of sp³-hybridized carbons (Fsp3) is 0.462. The number of ether oxygens (including phenoxy) is 2. The number of aromatic nitrogens is 2. The number of carbonyl (C=O) groups is 3. The monoisotopic (exact) mass is 536 g/mol. The highest BCUT2D eigenvalue weighted by Gasteiger charge is 2.28. The highest BCUT2D eigenvalue weighted by Crippen LogP contribution is 2.33. The molecule has 0 radical (unpaired) electrons. The fourth-order valence-electron chi connectivity index (χ4n) is 4.73. The van der Waals surface area contributed by atoms with Crippen LogP contribution >= 0.6 is 11.8 Å². The lowest BCUT2D eigenvalue weighted by atomic mass is 10.0. The van der Waals surface area contributed by atoms with Gasteiger partial charge in [-0.2, -0.15) is 5.26 Å². The van der Waals surface area contributed by atoms with Crippen LogP contribution < -0.4 is 10.2 Å². The number of fused-ring (bicyclic) bond motifs is 1. The molecule has 38 heavy (non-hydrogen) atoms. The van der Waals surface area contributed by atoms with Crippen molar-refractivity contribution >= 4 is 41.8 Å². The lowest BCUT2D eigenvalue weighted by molar-refractivity contribution is 0.109. The maximum atomic E-state index is 13.3. The van der Waals surface area contributed by atoms with Crippen molar-refractivity contribution in [3.63, 3.8) is 0 Å². The summed E-state index contributed by atoms with van der Waals surface area (Å²) in [6.07, 6.45) is 5.66. The molecule has 0 aromatic carbocycles. The number of nitriles is 1. The van der Waals surface area contributed by atoms with E-state index in [0.29, 0.717) is 68.4 Å². The van der Waals surface area contributed by atoms with Gasteiger partial charge in [0.25, 0.3) is 0 Å². The van der Waals surface area contributed by atoms with Crippen molar-refractivity contribution in [3.8, 4) is 6.07 Å². The van der Waals surface area contributed by atoms with Gasteiger partial charge in [-0.1, -0.05) is 0 Å². The number of rotatable bonds is 6. The Morgan fingerprint density at radius 2 is 2.16 bits per heavy atom. The average molecular weight is 537 g/mol. The van der Waals surface area contributed by atoms with Gasteiger partial charge in [-0.25, -0.2) is 19.6 Å². The van der Waals surface area contributed by atoms with Crippen molar-refractivity contribution in [2.45, 2.75) is 48.8 Å². The third kappa shape index (κ3) is 5.74. The molecule has 0 spiro atoms. The Kier molecular flexibility index (Phi) is 8.05. The summed E-state index contributed by atoms with van der Waals surface area (Å²) < 4.78 is 10.7. The van der Waals surface area contributed by atoms with E-state index in [4.69, 9.17) is 9.47 Å². The van der Waals surface area contributed by atoms with Crippen molar-refractivity contribution in [2.24, 2.45) is 0 Å². The van der Waals surface area contributed by atoms with Crippen LogP contribution in [0.15, 0.2) is 23.2 Å². The van der Waals surface area contributed by atoms with E-state index in [1.165, 1.54) is 11.1 Å². The van der Waals surface area contributed by atoms with E-state index in [1.54, 1.807) is 22.7 Å². The van der Waals surface area contributed by atoms with Crippen LogP contribution in [-0.4, -0.2) is 71.4 Å². The first kappa shape index (κ1) is 25.9. The lowest BCUT2D eigenvalue weighted by Gasteiger charge is -2.29. The molecule has 2 saturated heterocycles. The number of pyridine rings is 2. The highest BCUT2D eigenvalue weighted by molar-refractivity contribution is 8.00. The molecule has 0 aliphatic carbocycles. The molecule has 2 aromatic heterocycles. The zero-order valence-electron chi connectivity index (χ0n) is 20.9. The maximum absolute atomic E-state index is 13.3. The van der Waals surface area contributed by atoms with Crippen molar-refractivity contribution < 1.29 is 23.9 Å². The van der Waals surface area contributed by atoms with Gasteiger partial charge in [-0.05, 0) is 49.8 Å². The van der Waals surface area contributed by atoms with Gasteiger partial charge in [-0.15, -0.1) is 11.8 Å². The summed E-state index contributed by atoms with van der Waals surface area (Å²) >= 11 is 1.55. The van der Waals surface area contributed by atoms with Gasteiger partial charge in [-0.3, -0.25) is 15.0 Å². The molecule has 1 N–H and O–H groups in total. The average Bonchev–Trinajstić information content (AvgIpc) is 3.36. The van der Waals surface area contributed by atoms with Crippen molar-refractivity contribution in [1.29, 1.82) is 5.26 Å². The van der Waals surface area contributed by atoms with Gasteiger partial charge in [0.05, 0.1) is 25.3 Å². The molecule has 2 fully saturated rings. The third-order valence-electron chi connectivity index (χ3n) is 6.70. The number of thioether (sulfide) groups is 1. The van der Waals surface area contributed by atoms with Crippen LogP contribution in [-0.2, 0) is 22.4 Å². The SMILES string of the molecule is N#Cc1cnc(NC(=O)N2CCCc3cc(CN4CCCCOC4=O)c(C=O)nc32)cc1SC1CCOC1. The first-order valence-electron chi connectivity index (χ1n) is 12.7. The van der Waals surface area contributed by atoms with Gasteiger partial charge in [0.15, 0.2) is 6.29 Å². The van der Waals surface area contributed by atoms with E-state index < -0.39 is 12.1 Å². The minimum absolute atomic E-state index is 0.189. The van der Waals surface area contributed by atoms with Crippen LogP contribution in [0.4, 0.5) is 21.2 Å². The first-order chi connectivity index (χ1) is 18.6. The van der Waals surface area contributed by atoms with Gasteiger partial charge >= 0.3 is 12.1 Å². The second kappa shape index (κ2) is 11.8. The van der Waals surface area contributed by atoms with E-state index in [1.807, 2.05) is 6.07 Å². The van der Waals surface area contributed by atoms with E-state index >= 15 is 0 Å². The second-order valence-corrected chi connectivity index (χ2v) is 10.7. The molecule has 3 aliphatic heterocycles. The minimum Gasteiger partial charge on any atom is -0.449 e. The van der Waals surface area contributed by atoms with Crippen LogP contribution in [0.5, 0.6) is 0 Å². The molecule has 1 unspecified atom stereocenters. The smallest absolute Gasteiger partial charge is 0.410 e. The summed E-state index contributed by atoms with van der Waals surface area (Å²) in [4.78, 5) is 50.2. The third-order valence-corrected chi connectivity index (χ3v) is 8.00. The van der Waals surface area contributed by atoms with Crippen molar-refractivity contribution in [1.82, 2.24) is 14.9 Å². The number of urea groups is 1. The van der Waals surface area contributed by atoms with E-state index in [9.17, 15) is 19.6 Å². The Bertz CT molecular complexity index is 1280. The predicted molar refractivity (Wildman–Crippen MR) is 139 cm³/mol. The Balaban J connectivity index is 1.35. The van der Waals surface area contributed by atoms with E-state index in [-0.39, 0.29) is 17.5 Å². The van der Waals surface area contributed by atoms with Gasteiger partial charge in [0.2, 0.25) is 0 Å². The fourth-order valence-corrected chi connectivity index (χ4v) is 5.87. The Morgan fingerprint density at radius 1 is 1.26 bits per heavy atom. The second-order valence-electron chi connectivity index (χ2n) is 9.34. The quantitative estimate of drug-likeness (QED) is 0.547. The number of nitrogens with one attached hydrogen (secondary N) is 1. The summed E-state index contributed by atoms with van der Waals surface area (Å²) in [5, 5.41) is 12.6. The summed E-state index contributed by atoms with van der Waals surface area (Å²) in [7, 11) is 0. The molecule has 0 bridgehead atoms. The number of aryl methyl sites for hydroxylation is 1. The Labute approximate surface area is 224 Å². The maximum Gasteiger partial charge on any atom is 0.410 e. The minimum atomic E-state index is -0.420. The molecule has 12 heteroatoms. The zero-order chi connectivity index (χ0) is 26.5. The molecule has 1 atom stereocenters. The van der Waals surface area contributed by atoms with Crippen LogP contribution in [0.3, 0.4) is 0 Å². The highest BCUT2D eigenvalue weighted by atomic mass is 32.2. The Hall–Kier alpha value is -3.69. The molecular formula is C26H28N6O5S. The van der Waals surface area contributed by atoms with Crippen LogP contribution in [0.1, 0.15) is 52.9 Å². The molecule has 198 valence electrons. The number of cyclic esters (lactones) is 1. The number of nitrogens with zero attached hydrogens (tertiary/aromatic N) is 5. The van der Waals surface area contributed by atoms with Gasteiger partial charge < -0.3 is 14.4 Å². The normalized spacial score (nSPS) is 19.2. The molecule has 11 nitrogen and oxygen atoms in total. The number of hydrogen-bond acceptors (Lipinski definition) is 9. The number of aldehydes is 1. The Morgan fingerprint density at radius 3 is 2.95 bits per heavy atom. The molecule has 3 aliphatic rings. The standard InChI is InChI=1S/C26H28N6O5S/c27-12-19-13-28-23(11-22(19)38-20-5-9-36-16-20)30-25(34)32-7-3-4-17-10-18(21(15-33)29-24(17)32)14-31-6-1-2-8-37-26(31)35/h10-11,13,15,20H,1-9,14,16H2,(H,28,30,34). The molecule has 0 saturated carbocycles. The van der Waals surface area contributed by atoms with Crippen LogP contribution in [0.2, 0.25) is 0 Å². The number of amides is 3. The summed E-state index contributed by atoms with van der Waals surface area (Å²) in [5.41, 5.74) is 2.10. The lowest BCUT2D eigenvalue weighted by Crippen LogP contribution is -2.40. The molecular weight excluding hydrogens is 508 g/mol. The van der Waals surface area contributed by atoms with Crippen LogP contribution in [0, 0.1) is 11.3 Å². The summed E-state index contributed by atoms with van der Waals surface area (Å²) in [6.45, 7) is 2.91. The summed E-state index contributed by atoms with van der Waals surface area (Å²) in [6, 6.07) is 5.31. The number of hydrogen-bond donors (Lipinski definition) is 1.